The van der Waals surface area contributed by atoms with E-state index in [0.29, 0.717) is 6.42 Å². The van der Waals surface area contributed by atoms with Gasteiger partial charge in [-0.15, -0.1) is 0 Å². The minimum absolute atomic E-state index is 0.580. The first-order chi connectivity index (χ1) is 3.62. The van der Waals surface area contributed by atoms with Gasteiger partial charge in [-0.3, -0.25) is 0 Å². The van der Waals surface area contributed by atoms with Gasteiger partial charge in [0.2, 0.25) is 0 Å². The van der Waals surface area contributed by atoms with Gasteiger partial charge >= 0.3 is 0 Å². The van der Waals surface area contributed by atoms with Crippen molar-refractivity contribution in [2.45, 2.75) is 32.4 Å². The van der Waals surface area contributed by atoms with Crippen LogP contribution in [0.1, 0.15) is 26.7 Å². The fourth-order valence-electron chi connectivity index (χ4n) is 0.591. The summed E-state index contributed by atoms with van der Waals surface area (Å²) in [6.07, 6.45) is 2.81. The molecule has 0 aliphatic rings. The molecule has 1 atom stereocenters. The first kappa shape index (κ1) is 7.67. The molecule has 0 fully saturated rings. The van der Waals surface area contributed by atoms with E-state index in [1.54, 1.807) is 6.92 Å². The summed E-state index contributed by atoms with van der Waals surface area (Å²) < 4.78 is 12.7. The SMILES string of the molecule is C=C[C@@](C)(F)CCC. The molecule has 0 spiro atoms. The number of hydrogen-bond acceptors (Lipinski definition) is 0. The molecule has 0 bridgehead atoms. The third-order valence-electron chi connectivity index (χ3n) is 1.16. The van der Waals surface area contributed by atoms with E-state index in [-0.39, 0.29) is 0 Å². The van der Waals surface area contributed by atoms with Gasteiger partial charge in [0.1, 0.15) is 5.67 Å². The van der Waals surface area contributed by atoms with Gasteiger partial charge in [-0.05, 0) is 13.3 Å². The van der Waals surface area contributed by atoms with Crippen molar-refractivity contribution < 1.29 is 4.39 Å². The minimum atomic E-state index is -1.14. The Hall–Kier alpha value is -0.330. The van der Waals surface area contributed by atoms with Crippen molar-refractivity contribution in [3.05, 3.63) is 12.7 Å². The maximum atomic E-state index is 12.7. The summed E-state index contributed by atoms with van der Waals surface area (Å²) in [5.41, 5.74) is -1.14. The molecule has 0 aromatic rings. The Bertz CT molecular complexity index is 74.5. The second kappa shape index (κ2) is 2.85. The number of allylic oxidation sites excluding steroid dienone is 1. The Morgan fingerprint density at radius 3 is 2.38 bits per heavy atom. The van der Waals surface area contributed by atoms with Gasteiger partial charge in [-0.1, -0.05) is 26.0 Å². The van der Waals surface area contributed by atoms with Crippen LogP contribution in [0.4, 0.5) is 4.39 Å². The van der Waals surface area contributed by atoms with Crippen LogP contribution in [0.2, 0.25) is 0 Å². The maximum absolute atomic E-state index is 12.7. The number of halogens is 1. The van der Waals surface area contributed by atoms with Crippen LogP contribution in [0.15, 0.2) is 12.7 Å². The molecule has 0 rings (SSSR count). The highest BCUT2D eigenvalue weighted by Gasteiger charge is 2.15. The molecular weight excluding hydrogens is 103 g/mol. The van der Waals surface area contributed by atoms with Crippen molar-refractivity contribution in [2.75, 3.05) is 0 Å². The van der Waals surface area contributed by atoms with Crippen LogP contribution in [0.25, 0.3) is 0 Å². The third kappa shape index (κ3) is 2.78. The Morgan fingerprint density at radius 2 is 2.25 bits per heavy atom. The predicted octanol–water partition coefficient (Wildman–Crippen LogP) is 2.70. The molecule has 0 heterocycles. The lowest BCUT2D eigenvalue weighted by atomic mass is 10.0. The van der Waals surface area contributed by atoms with Crippen LogP contribution in [0.3, 0.4) is 0 Å². The van der Waals surface area contributed by atoms with Crippen LogP contribution in [-0.2, 0) is 0 Å². The van der Waals surface area contributed by atoms with Gasteiger partial charge in [0.05, 0.1) is 0 Å². The topological polar surface area (TPSA) is 0 Å². The molecule has 0 radical (unpaired) electrons. The average molecular weight is 116 g/mol. The van der Waals surface area contributed by atoms with Crippen molar-refractivity contribution in [3.8, 4) is 0 Å². The Kier molecular flexibility index (Phi) is 2.74. The predicted molar refractivity (Wildman–Crippen MR) is 34.6 cm³/mol. The summed E-state index contributed by atoms with van der Waals surface area (Å²) in [5, 5.41) is 0. The fraction of sp³-hybridized carbons (Fsp3) is 0.714. The minimum Gasteiger partial charge on any atom is -0.240 e. The van der Waals surface area contributed by atoms with E-state index in [1.807, 2.05) is 6.92 Å². The van der Waals surface area contributed by atoms with Gasteiger partial charge in [0, 0.05) is 0 Å². The normalized spacial score (nSPS) is 17.4. The number of rotatable bonds is 3. The van der Waals surface area contributed by atoms with Crippen LogP contribution >= 0.6 is 0 Å². The van der Waals surface area contributed by atoms with Crippen LogP contribution in [0, 0.1) is 0 Å². The second-order valence-corrected chi connectivity index (χ2v) is 2.23. The quantitative estimate of drug-likeness (QED) is 0.497. The molecule has 0 aliphatic carbocycles. The van der Waals surface area contributed by atoms with Crippen LogP contribution < -0.4 is 0 Å². The lowest BCUT2D eigenvalue weighted by Crippen LogP contribution is -2.11. The summed E-state index contributed by atoms with van der Waals surface area (Å²) in [6.45, 7) is 6.88. The molecule has 0 N–H and O–H groups in total. The van der Waals surface area contributed by atoms with Crippen molar-refractivity contribution in [1.29, 1.82) is 0 Å². The summed E-state index contributed by atoms with van der Waals surface area (Å²) in [6, 6.07) is 0. The van der Waals surface area contributed by atoms with E-state index in [0.717, 1.165) is 6.42 Å². The third-order valence-corrected chi connectivity index (χ3v) is 1.16. The van der Waals surface area contributed by atoms with E-state index >= 15 is 0 Å². The second-order valence-electron chi connectivity index (χ2n) is 2.23. The van der Waals surface area contributed by atoms with E-state index in [2.05, 4.69) is 6.58 Å². The van der Waals surface area contributed by atoms with Gasteiger partial charge < -0.3 is 0 Å². The largest absolute Gasteiger partial charge is 0.240 e. The van der Waals surface area contributed by atoms with Crippen molar-refractivity contribution >= 4 is 0 Å². The van der Waals surface area contributed by atoms with Crippen molar-refractivity contribution in [1.82, 2.24) is 0 Å². The van der Waals surface area contributed by atoms with E-state index in [9.17, 15) is 4.39 Å². The zero-order valence-corrected chi connectivity index (χ0v) is 5.58. The summed E-state index contributed by atoms with van der Waals surface area (Å²) >= 11 is 0. The summed E-state index contributed by atoms with van der Waals surface area (Å²) in [4.78, 5) is 0. The Balaban J connectivity index is 3.53. The maximum Gasteiger partial charge on any atom is 0.126 e. The average Bonchev–Trinajstić information content (AvgIpc) is 1.67. The van der Waals surface area contributed by atoms with Gasteiger partial charge in [-0.2, -0.15) is 0 Å². The van der Waals surface area contributed by atoms with Crippen molar-refractivity contribution in [3.63, 3.8) is 0 Å². The van der Waals surface area contributed by atoms with Crippen LogP contribution in [0.5, 0.6) is 0 Å². The smallest absolute Gasteiger partial charge is 0.126 e. The molecule has 0 nitrogen and oxygen atoms in total. The molecule has 0 unspecified atom stereocenters. The highest BCUT2D eigenvalue weighted by atomic mass is 19.1. The van der Waals surface area contributed by atoms with Gasteiger partial charge in [-0.25, -0.2) is 4.39 Å². The fourth-order valence-corrected chi connectivity index (χ4v) is 0.591. The number of alkyl halides is 1. The molecule has 8 heavy (non-hydrogen) atoms. The van der Waals surface area contributed by atoms with E-state index in [4.69, 9.17) is 0 Å². The standard InChI is InChI=1S/C7H13F/c1-4-6-7(3,8)5-2/h5H,2,4,6H2,1,3H3/t7-/m1/s1. The molecular formula is C7H13F. The molecule has 0 amide bonds. The molecule has 0 aromatic carbocycles. The highest BCUT2D eigenvalue weighted by Crippen LogP contribution is 2.17. The molecule has 48 valence electrons. The van der Waals surface area contributed by atoms with E-state index in [1.165, 1.54) is 6.08 Å². The molecule has 0 saturated carbocycles. The lowest BCUT2D eigenvalue weighted by Gasteiger charge is -2.12. The molecule has 1 heteroatoms. The van der Waals surface area contributed by atoms with Gasteiger partial charge in [0.25, 0.3) is 0 Å². The lowest BCUT2D eigenvalue weighted by molar-refractivity contribution is 0.239. The Morgan fingerprint density at radius 1 is 1.75 bits per heavy atom. The summed E-state index contributed by atoms with van der Waals surface area (Å²) in [5.74, 6) is 0. The monoisotopic (exact) mass is 116 g/mol. The first-order valence-electron chi connectivity index (χ1n) is 2.95. The molecule has 0 saturated heterocycles. The molecule has 0 aromatic heterocycles. The zero-order valence-electron chi connectivity index (χ0n) is 5.58. The summed E-state index contributed by atoms with van der Waals surface area (Å²) in [7, 11) is 0. The zero-order chi connectivity index (χ0) is 6.62. The Labute approximate surface area is 50.4 Å². The highest BCUT2D eigenvalue weighted by molar-refractivity contribution is 4.91. The van der Waals surface area contributed by atoms with Gasteiger partial charge in [0.15, 0.2) is 0 Å². The van der Waals surface area contributed by atoms with Crippen molar-refractivity contribution in [2.24, 2.45) is 0 Å². The first-order valence-corrected chi connectivity index (χ1v) is 2.95. The molecule has 0 aliphatic heterocycles. The van der Waals surface area contributed by atoms with E-state index < -0.39 is 5.67 Å². The number of hydrogen-bond donors (Lipinski definition) is 0. The van der Waals surface area contributed by atoms with Crippen LogP contribution in [-0.4, -0.2) is 5.67 Å².